The number of likely N-dealkylation sites (tertiary alicyclic amines) is 1. The van der Waals surface area contributed by atoms with Crippen molar-refractivity contribution in [3.63, 3.8) is 0 Å². The number of nitrogens with zero attached hydrogens (tertiary/aromatic N) is 3. The number of anilines is 1. The highest BCUT2D eigenvalue weighted by Crippen LogP contribution is 2.22. The lowest BCUT2D eigenvalue weighted by Crippen LogP contribution is -2.38. The molecule has 1 aliphatic heterocycles. The van der Waals surface area contributed by atoms with Gasteiger partial charge in [-0.3, -0.25) is 9.69 Å². The van der Waals surface area contributed by atoms with Crippen LogP contribution in [0.15, 0.2) is 18.2 Å². The molecular weight excluding hydrogens is 290 g/mol. The number of ether oxygens (including phenoxy) is 1. The quantitative estimate of drug-likeness (QED) is 0.799. The zero-order valence-electron chi connectivity index (χ0n) is 15.0. The number of hydrogen-bond donors (Lipinski definition) is 0. The van der Waals surface area contributed by atoms with Crippen LogP contribution in [0.1, 0.15) is 39.3 Å². The van der Waals surface area contributed by atoms with Crippen LogP contribution in [0.4, 0.5) is 5.82 Å². The van der Waals surface area contributed by atoms with Gasteiger partial charge in [-0.2, -0.15) is 0 Å². The number of piperidine rings is 1. The van der Waals surface area contributed by atoms with Crippen LogP contribution >= 0.6 is 0 Å². The number of esters is 1. The smallest absolute Gasteiger partial charge is 0.309 e. The summed E-state index contributed by atoms with van der Waals surface area (Å²) in [6.45, 7) is 8.43. The van der Waals surface area contributed by atoms with Crippen molar-refractivity contribution in [2.75, 3.05) is 32.1 Å². The van der Waals surface area contributed by atoms with Crippen molar-refractivity contribution in [2.45, 2.75) is 45.8 Å². The second-order valence-corrected chi connectivity index (χ2v) is 7.47. The fourth-order valence-corrected chi connectivity index (χ4v) is 2.75. The first-order chi connectivity index (χ1) is 10.7. The molecule has 1 aromatic rings. The van der Waals surface area contributed by atoms with Crippen LogP contribution in [0.3, 0.4) is 0 Å². The Morgan fingerprint density at radius 2 is 1.96 bits per heavy atom. The van der Waals surface area contributed by atoms with Crippen molar-refractivity contribution in [1.82, 2.24) is 9.88 Å². The van der Waals surface area contributed by atoms with Crippen LogP contribution in [0.5, 0.6) is 0 Å². The minimum atomic E-state index is -0.398. The maximum absolute atomic E-state index is 12.1. The van der Waals surface area contributed by atoms with E-state index in [1.807, 2.05) is 51.9 Å². The molecule has 1 fully saturated rings. The van der Waals surface area contributed by atoms with E-state index in [1.54, 1.807) is 0 Å². The average Bonchev–Trinajstić information content (AvgIpc) is 2.46. The molecular formula is C18H29N3O2. The van der Waals surface area contributed by atoms with Crippen molar-refractivity contribution in [2.24, 2.45) is 5.92 Å². The molecule has 2 rings (SSSR count). The SMILES string of the molecule is CN(C)c1cccc(CN2CCC(C(=O)OC(C)(C)C)CC2)n1. The summed E-state index contributed by atoms with van der Waals surface area (Å²) in [5.74, 6) is 0.961. The van der Waals surface area contributed by atoms with Gasteiger partial charge in [0.05, 0.1) is 11.6 Å². The molecule has 0 atom stereocenters. The van der Waals surface area contributed by atoms with Crippen LogP contribution in [0, 0.1) is 5.92 Å². The minimum absolute atomic E-state index is 0.0338. The van der Waals surface area contributed by atoms with E-state index in [0.29, 0.717) is 0 Å². The molecule has 0 bridgehead atoms. The summed E-state index contributed by atoms with van der Waals surface area (Å²) >= 11 is 0. The number of carbonyl (C=O) groups excluding carboxylic acids is 1. The third-order valence-corrected chi connectivity index (χ3v) is 3.96. The second-order valence-electron chi connectivity index (χ2n) is 7.47. The predicted octanol–water partition coefficient (Wildman–Crippen LogP) is 2.70. The van der Waals surface area contributed by atoms with E-state index in [0.717, 1.165) is 44.0 Å². The maximum atomic E-state index is 12.1. The monoisotopic (exact) mass is 319 g/mol. The van der Waals surface area contributed by atoms with Gasteiger partial charge in [-0.15, -0.1) is 0 Å². The molecule has 0 spiro atoms. The van der Waals surface area contributed by atoms with E-state index in [-0.39, 0.29) is 11.9 Å². The number of rotatable bonds is 4. The molecule has 0 radical (unpaired) electrons. The van der Waals surface area contributed by atoms with E-state index < -0.39 is 5.60 Å². The molecule has 1 saturated heterocycles. The topological polar surface area (TPSA) is 45.7 Å². The summed E-state index contributed by atoms with van der Waals surface area (Å²) in [5.41, 5.74) is 0.678. The van der Waals surface area contributed by atoms with Gasteiger partial charge in [0, 0.05) is 20.6 Å². The highest BCUT2D eigenvalue weighted by atomic mass is 16.6. The normalized spacial score (nSPS) is 17.1. The summed E-state index contributed by atoms with van der Waals surface area (Å²) < 4.78 is 5.50. The molecule has 0 N–H and O–H groups in total. The number of aromatic nitrogens is 1. The molecule has 1 aliphatic rings. The van der Waals surface area contributed by atoms with Crippen molar-refractivity contribution in [3.8, 4) is 0 Å². The van der Waals surface area contributed by atoms with Gasteiger partial charge >= 0.3 is 5.97 Å². The summed E-state index contributed by atoms with van der Waals surface area (Å²) in [5, 5.41) is 0. The minimum Gasteiger partial charge on any atom is -0.460 e. The van der Waals surface area contributed by atoms with Crippen LogP contribution in [0.25, 0.3) is 0 Å². The summed E-state index contributed by atoms with van der Waals surface area (Å²) in [6, 6.07) is 6.12. The van der Waals surface area contributed by atoms with Crippen molar-refractivity contribution >= 4 is 11.8 Å². The van der Waals surface area contributed by atoms with Gasteiger partial charge in [-0.05, 0) is 58.8 Å². The van der Waals surface area contributed by atoms with E-state index >= 15 is 0 Å². The fraction of sp³-hybridized carbons (Fsp3) is 0.667. The molecule has 0 unspecified atom stereocenters. The Bertz CT molecular complexity index is 529. The van der Waals surface area contributed by atoms with Gasteiger partial charge in [0.1, 0.15) is 11.4 Å². The maximum Gasteiger partial charge on any atom is 0.309 e. The van der Waals surface area contributed by atoms with E-state index in [4.69, 9.17) is 4.74 Å². The lowest BCUT2D eigenvalue weighted by atomic mass is 9.96. The van der Waals surface area contributed by atoms with Gasteiger partial charge in [0.25, 0.3) is 0 Å². The van der Waals surface area contributed by atoms with Crippen LogP contribution < -0.4 is 4.90 Å². The molecule has 1 aromatic heterocycles. The summed E-state index contributed by atoms with van der Waals surface area (Å²) in [4.78, 5) is 21.2. The van der Waals surface area contributed by atoms with Crippen LogP contribution in [-0.4, -0.2) is 48.6 Å². The molecule has 23 heavy (non-hydrogen) atoms. The first-order valence-corrected chi connectivity index (χ1v) is 8.33. The van der Waals surface area contributed by atoms with E-state index in [9.17, 15) is 4.79 Å². The van der Waals surface area contributed by atoms with Gasteiger partial charge in [0.2, 0.25) is 0 Å². The molecule has 128 valence electrons. The Morgan fingerprint density at radius 1 is 1.30 bits per heavy atom. The van der Waals surface area contributed by atoms with Crippen molar-refractivity contribution in [1.29, 1.82) is 0 Å². The summed E-state index contributed by atoms with van der Waals surface area (Å²) in [6.07, 6.45) is 1.73. The second kappa shape index (κ2) is 7.30. The first-order valence-electron chi connectivity index (χ1n) is 8.33. The van der Waals surface area contributed by atoms with E-state index in [1.165, 1.54) is 0 Å². The molecule has 2 heterocycles. The Balaban J connectivity index is 1.85. The van der Waals surface area contributed by atoms with Gasteiger partial charge in [0.15, 0.2) is 0 Å². The Labute approximate surface area is 139 Å². The molecule has 0 aromatic carbocycles. The number of hydrogen-bond acceptors (Lipinski definition) is 5. The van der Waals surface area contributed by atoms with Gasteiger partial charge in [-0.25, -0.2) is 4.98 Å². The summed E-state index contributed by atoms with van der Waals surface area (Å²) in [7, 11) is 4.00. The van der Waals surface area contributed by atoms with Crippen molar-refractivity contribution in [3.05, 3.63) is 23.9 Å². The van der Waals surface area contributed by atoms with Crippen LogP contribution in [0.2, 0.25) is 0 Å². The molecule has 0 saturated carbocycles. The van der Waals surface area contributed by atoms with E-state index in [2.05, 4.69) is 16.0 Å². The first kappa shape index (κ1) is 17.7. The van der Waals surface area contributed by atoms with Crippen LogP contribution in [-0.2, 0) is 16.1 Å². The number of pyridine rings is 1. The molecule has 0 amide bonds. The highest BCUT2D eigenvalue weighted by molar-refractivity contribution is 5.73. The van der Waals surface area contributed by atoms with Crippen molar-refractivity contribution < 1.29 is 9.53 Å². The third kappa shape index (κ3) is 5.50. The lowest BCUT2D eigenvalue weighted by Gasteiger charge is -2.32. The predicted molar refractivity (Wildman–Crippen MR) is 92.4 cm³/mol. The standard InChI is InChI=1S/C18H29N3O2/c1-18(2,3)23-17(22)14-9-11-21(12-10-14)13-15-7-6-8-16(19-15)20(4)5/h6-8,14H,9-13H2,1-5H3. The Hall–Kier alpha value is -1.62. The van der Waals surface area contributed by atoms with Gasteiger partial charge in [-0.1, -0.05) is 6.07 Å². The highest BCUT2D eigenvalue weighted by Gasteiger charge is 2.29. The molecule has 0 aliphatic carbocycles. The molecule has 5 heteroatoms. The zero-order chi connectivity index (χ0) is 17.0. The zero-order valence-corrected chi connectivity index (χ0v) is 15.0. The number of carbonyl (C=O) groups is 1. The largest absolute Gasteiger partial charge is 0.460 e. The Morgan fingerprint density at radius 3 is 2.52 bits per heavy atom. The average molecular weight is 319 g/mol. The fourth-order valence-electron chi connectivity index (χ4n) is 2.75. The lowest BCUT2D eigenvalue weighted by molar-refractivity contribution is -0.161. The Kier molecular flexibility index (Phi) is 5.63. The van der Waals surface area contributed by atoms with Gasteiger partial charge < -0.3 is 9.64 Å². The molecule has 5 nitrogen and oxygen atoms in total. The third-order valence-electron chi connectivity index (χ3n) is 3.96.